The Balaban J connectivity index is 1.48. The molecule has 0 bridgehead atoms. The third-order valence-corrected chi connectivity index (χ3v) is 3.52. The molecule has 2 aromatic carbocycles. The molecular weight excluding hydrogens is 272 g/mol. The Morgan fingerprint density at radius 3 is 2.59 bits per heavy atom. The zero-order valence-electron chi connectivity index (χ0n) is 12.6. The van der Waals surface area contributed by atoms with Crippen molar-refractivity contribution >= 4 is 0 Å². The second kappa shape index (κ2) is 7.46. The topological polar surface area (TPSA) is 27.1 Å². The predicted octanol–water partition coefficient (Wildman–Crippen LogP) is 3.94. The van der Waals surface area contributed by atoms with Gasteiger partial charge in [-0.2, -0.15) is 5.10 Å². The Hall–Kier alpha value is -2.55. The molecule has 0 unspecified atom stereocenters. The third kappa shape index (κ3) is 4.22. The Morgan fingerprint density at radius 2 is 1.77 bits per heavy atom. The number of aryl methyl sites for hydroxylation is 1. The summed E-state index contributed by atoms with van der Waals surface area (Å²) >= 11 is 0. The van der Waals surface area contributed by atoms with Gasteiger partial charge in [-0.3, -0.25) is 4.68 Å². The van der Waals surface area contributed by atoms with Gasteiger partial charge in [0.25, 0.3) is 0 Å². The fourth-order valence-corrected chi connectivity index (χ4v) is 2.43. The molecule has 0 spiro atoms. The van der Waals surface area contributed by atoms with Crippen LogP contribution in [0.4, 0.5) is 0 Å². The first-order chi connectivity index (χ1) is 10.9. The van der Waals surface area contributed by atoms with Gasteiger partial charge in [0, 0.05) is 12.4 Å². The summed E-state index contributed by atoms with van der Waals surface area (Å²) in [5, 5.41) is 4.23. The van der Waals surface area contributed by atoms with Crippen molar-refractivity contribution in [3.63, 3.8) is 0 Å². The Morgan fingerprint density at radius 1 is 0.909 bits per heavy atom. The monoisotopic (exact) mass is 292 g/mol. The van der Waals surface area contributed by atoms with Crippen molar-refractivity contribution in [2.24, 2.45) is 0 Å². The largest absolute Gasteiger partial charge is 0.494 e. The van der Waals surface area contributed by atoms with Crippen LogP contribution in [0.25, 0.3) is 0 Å². The second-order valence-electron chi connectivity index (χ2n) is 5.29. The van der Waals surface area contributed by atoms with Crippen molar-refractivity contribution in [2.45, 2.75) is 19.4 Å². The highest BCUT2D eigenvalue weighted by molar-refractivity contribution is 5.28. The summed E-state index contributed by atoms with van der Waals surface area (Å²) in [4.78, 5) is 0. The highest BCUT2D eigenvalue weighted by Crippen LogP contribution is 2.15. The molecule has 1 heterocycles. The van der Waals surface area contributed by atoms with Crippen molar-refractivity contribution in [3.05, 3.63) is 84.2 Å². The fraction of sp³-hybridized carbons (Fsp3) is 0.211. The van der Waals surface area contributed by atoms with Crippen LogP contribution in [0.1, 0.15) is 17.5 Å². The molecule has 0 aliphatic carbocycles. The molecule has 3 heteroatoms. The maximum absolute atomic E-state index is 5.86. The van der Waals surface area contributed by atoms with Gasteiger partial charge < -0.3 is 4.74 Å². The Kier molecular flexibility index (Phi) is 4.88. The van der Waals surface area contributed by atoms with E-state index in [0.29, 0.717) is 0 Å². The van der Waals surface area contributed by atoms with Crippen molar-refractivity contribution in [1.82, 2.24) is 9.78 Å². The zero-order valence-corrected chi connectivity index (χ0v) is 12.6. The molecule has 0 saturated carbocycles. The third-order valence-electron chi connectivity index (χ3n) is 3.52. The lowest BCUT2D eigenvalue weighted by Gasteiger charge is -2.08. The Bertz CT molecular complexity index is 678. The van der Waals surface area contributed by atoms with E-state index in [1.807, 2.05) is 35.1 Å². The standard InChI is InChI=1S/C19H20N2O/c1-2-7-17(8-3-1)10-5-14-22-19-11-4-9-18(15-19)16-21-13-6-12-20-21/h1-4,6-9,11-13,15H,5,10,14,16H2. The van der Waals surface area contributed by atoms with Crippen LogP contribution in [0, 0.1) is 0 Å². The van der Waals surface area contributed by atoms with Crippen LogP contribution < -0.4 is 4.74 Å². The summed E-state index contributed by atoms with van der Waals surface area (Å²) in [5.41, 5.74) is 2.56. The number of hydrogen-bond acceptors (Lipinski definition) is 2. The van der Waals surface area contributed by atoms with Gasteiger partial charge in [-0.05, 0) is 42.2 Å². The molecule has 3 nitrogen and oxygen atoms in total. The van der Waals surface area contributed by atoms with E-state index in [0.717, 1.165) is 31.7 Å². The van der Waals surface area contributed by atoms with Gasteiger partial charge in [0.1, 0.15) is 5.75 Å². The minimum atomic E-state index is 0.736. The van der Waals surface area contributed by atoms with E-state index in [2.05, 4.69) is 41.5 Å². The molecule has 0 radical (unpaired) electrons. The van der Waals surface area contributed by atoms with Crippen LogP contribution >= 0.6 is 0 Å². The van der Waals surface area contributed by atoms with Crippen LogP contribution in [-0.2, 0) is 13.0 Å². The van der Waals surface area contributed by atoms with Crippen LogP contribution in [0.2, 0.25) is 0 Å². The molecule has 112 valence electrons. The lowest BCUT2D eigenvalue weighted by atomic mass is 10.1. The summed E-state index contributed by atoms with van der Waals surface area (Å²) in [6, 6.07) is 20.7. The normalized spacial score (nSPS) is 10.5. The molecule has 0 N–H and O–H groups in total. The predicted molar refractivity (Wildman–Crippen MR) is 88.0 cm³/mol. The maximum Gasteiger partial charge on any atom is 0.119 e. The lowest BCUT2D eigenvalue weighted by molar-refractivity contribution is 0.310. The SMILES string of the molecule is c1ccc(CCCOc2cccc(Cn3cccn3)c2)cc1. The van der Waals surface area contributed by atoms with Crippen molar-refractivity contribution in [2.75, 3.05) is 6.61 Å². The highest BCUT2D eigenvalue weighted by atomic mass is 16.5. The Labute approximate surface area is 131 Å². The molecule has 0 atom stereocenters. The minimum Gasteiger partial charge on any atom is -0.494 e. The summed E-state index contributed by atoms with van der Waals surface area (Å²) in [6.45, 7) is 1.51. The van der Waals surface area contributed by atoms with Crippen LogP contribution in [-0.4, -0.2) is 16.4 Å². The highest BCUT2D eigenvalue weighted by Gasteiger charge is 1.99. The molecule has 0 aliphatic rings. The maximum atomic E-state index is 5.86. The first-order valence-corrected chi connectivity index (χ1v) is 7.63. The van der Waals surface area contributed by atoms with Crippen LogP contribution in [0.3, 0.4) is 0 Å². The van der Waals surface area contributed by atoms with E-state index in [1.54, 1.807) is 6.20 Å². The number of nitrogens with zero attached hydrogens (tertiary/aromatic N) is 2. The number of ether oxygens (including phenoxy) is 1. The summed E-state index contributed by atoms with van der Waals surface area (Å²) in [7, 11) is 0. The van der Waals surface area contributed by atoms with E-state index in [4.69, 9.17) is 4.74 Å². The molecule has 0 fully saturated rings. The van der Waals surface area contributed by atoms with E-state index in [1.165, 1.54) is 11.1 Å². The lowest BCUT2D eigenvalue weighted by Crippen LogP contribution is -2.02. The summed E-state index contributed by atoms with van der Waals surface area (Å²) in [6.07, 6.45) is 5.83. The van der Waals surface area contributed by atoms with Gasteiger partial charge >= 0.3 is 0 Å². The summed E-state index contributed by atoms with van der Waals surface area (Å²) < 4.78 is 7.77. The second-order valence-corrected chi connectivity index (χ2v) is 5.29. The quantitative estimate of drug-likeness (QED) is 0.617. The first kappa shape index (κ1) is 14.4. The van der Waals surface area contributed by atoms with E-state index < -0.39 is 0 Å². The van der Waals surface area contributed by atoms with E-state index in [9.17, 15) is 0 Å². The number of rotatable bonds is 7. The number of hydrogen-bond donors (Lipinski definition) is 0. The first-order valence-electron chi connectivity index (χ1n) is 7.63. The van der Waals surface area contributed by atoms with E-state index >= 15 is 0 Å². The van der Waals surface area contributed by atoms with Gasteiger partial charge in [-0.15, -0.1) is 0 Å². The fourth-order valence-electron chi connectivity index (χ4n) is 2.43. The van der Waals surface area contributed by atoms with Gasteiger partial charge in [0.05, 0.1) is 13.2 Å². The van der Waals surface area contributed by atoms with E-state index in [-0.39, 0.29) is 0 Å². The molecule has 0 saturated heterocycles. The molecule has 3 rings (SSSR count). The average Bonchev–Trinajstić information content (AvgIpc) is 3.06. The van der Waals surface area contributed by atoms with Gasteiger partial charge in [0.15, 0.2) is 0 Å². The van der Waals surface area contributed by atoms with Crippen molar-refractivity contribution in [1.29, 1.82) is 0 Å². The van der Waals surface area contributed by atoms with Gasteiger partial charge in [0.2, 0.25) is 0 Å². The van der Waals surface area contributed by atoms with Gasteiger partial charge in [-0.1, -0.05) is 42.5 Å². The molecule has 0 amide bonds. The minimum absolute atomic E-state index is 0.736. The smallest absolute Gasteiger partial charge is 0.119 e. The molecule has 3 aromatic rings. The average molecular weight is 292 g/mol. The molecule has 0 aliphatic heterocycles. The van der Waals surface area contributed by atoms with Crippen LogP contribution in [0.15, 0.2) is 73.1 Å². The van der Waals surface area contributed by atoms with Gasteiger partial charge in [-0.25, -0.2) is 0 Å². The summed E-state index contributed by atoms with van der Waals surface area (Å²) in [5.74, 6) is 0.928. The molecule has 22 heavy (non-hydrogen) atoms. The van der Waals surface area contributed by atoms with Crippen LogP contribution in [0.5, 0.6) is 5.75 Å². The molecular formula is C19H20N2O. The molecule has 1 aromatic heterocycles. The van der Waals surface area contributed by atoms with Crippen molar-refractivity contribution < 1.29 is 4.74 Å². The zero-order chi connectivity index (χ0) is 15.0. The number of aromatic nitrogens is 2. The van der Waals surface area contributed by atoms with Crippen molar-refractivity contribution in [3.8, 4) is 5.75 Å². The number of benzene rings is 2.